The second kappa shape index (κ2) is 9.39. The Morgan fingerprint density at radius 1 is 1.00 bits per heavy atom. The minimum Gasteiger partial charge on any atom is -0.329 e. The molecule has 0 aliphatic rings. The number of carbonyl (C=O) groups is 3. The molecular weight excluding hydrogens is 393 g/mol. The average Bonchev–Trinajstić information content (AvgIpc) is 2.66. The lowest BCUT2D eigenvalue weighted by Gasteiger charge is -2.11. The molecule has 5 amide bonds. The molecule has 0 aliphatic heterocycles. The molecular formula is C17H17F3N6O3. The third-order valence-electron chi connectivity index (χ3n) is 3.33. The number of anilines is 2. The van der Waals surface area contributed by atoms with E-state index >= 15 is 0 Å². The van der Waals surface area contributed by atoms with Crippen molar-refractivity contribution in [3.8, 4) is 0 Å². The molecule has 0 radical (unpaired) electrons. The standard InChI is InChI=1S/C17H17F3N6O3/c1-10-5-6-13(21-8-10)24-15(28)22-9-14(27)25-26-16(29)23-12-4-2-3-11(7-12)17(18,19)20/h2-8H,9H2,1H3,(H,25,27)(H2,23,26,29)(H2,21,22,24,28). The number of hydrazine groups is 1. The fourth-order valence-corrected chi connectivity index (χ4v) is 1.97. The van der Waals surface area contributed by atoms with Gasteiger partial charge in [-0.25, -0.2) is 20.0 Å². The van der Waals surface area contributed by atoms with Crippen molar-refractivity contribution in [1.29, 1.82) is 0 Å². The molecule has 2 aromatic rings. The molecule has 0 bridgehead atoms. The van der Waals surface area contributed by atoms with E-state index in [1.54, 1.807) is 18.3 Å². The van der Waals surface area contributed by atoms with Crippen LogP contribution in [0.5, 0.6) is 0 Å². The van der Waals surface area contributed by atoms with E-state index in [1.165, 1.54) is 6.07 Å². The Morgan fingerprint density at radius 2 is 1.76 bits per heavy atom. The molecule has 29 heavy (non-hydrogen) atoms. The molecule has 0 saturated carbocycles. The van der Waals surface area contributed by atoms with Crippen LogP contribution in [0.4, 0.5) is 34.3 Å². The van der Waals surface area contributed by atoms with E-state index in [0.29, 0.717) is 0 Å². The van der Waals surface area contributed by atoms with Crippen LogP contribution in [0.2, 0.25) is 0 Å². The molecule has 0 unspecified atom stereocenters. The average molecular weight is 410 g/mol. The third kappa shape index (κ3) is 7.36. The number of aryl methyl sites for hydroxylation is 1. The number of nitrogens with zero attached hydrogens (tertiary/aromatic N) is 1. The number of pyridine rings is 1. The maximum atomic E-state index is 12.6. The Morgan fingerprint density at radius 3 is 2.41 bits per heavy atom. The van der Waals surface area contributed by atoms with Crippen LogP contribution in [0.25, 0.3) is 0 Å². The minimum absolute atomic E-state index is 0.116. The van der Waals surface area contributed by atoms with Gasteiger partial charge >= 0.3 is 18.2 Å². The highest BCUT2D eigenvalue weighted by Crippen LogP contribution is 2.30. The maximum absolute atomic E-state index is 12.6. The summed E-state index contributed by atoms with van der Waals surface area (Å²) in [7, 11) is 0. The maximum Gasteiger partial charge on any atom is 0.416 e. The number of rotatable bonds is 4. The van der Waals surface area contributed by atoms with Gasteiger partial charge in [0.05, 0.1) is 5.56 Å². The molecule has 0 spiro atoms. The zero-order valence-electron chi connectivity index (χ0n) is 15.1. The van der Waals surface area contributed by atoms with E-state index in [2.05, 4.69) is 20.9 Å². The largest absolute Gasteiger partial charge is 0.416 e. The quantitative estimate of drug-likeness (QED) is 0.497. The summed E-state index contributed by atoms with van der Waals surface area (Å²) in [6.07, 6.45) is -3.00. The first-order valence-corrected chi connectivity index (χ1v) is 8.14. The van der Waals surface area contributed by atoms with Crippen molar-refractivity contribution >= 4 is 29.5 Å². The summed E-state index contributed by atoms with van der Waals surface area (Å²) in [5.74, 6) is -0.483. The SMILES string of the molecule is Cc1ccc(NC(=O)NCC(=O)NNC(=O)Nc2cccc(C(F)(F)F)c2)nc1. The Labute approximate surface area is 163 Å². The van der Waals surface area contributed by atoms with Gasteiger partial charge in [0.1, 0.15) is 12.4 Å². The summed E-state index contributed by atoms with van der Waals surface area (Å²) in [6, 6.07) is 5.64. The molecule has 9 nitrogen and oxygen atoms in total. The van der Waals surface area contributed by atoms with Gasteiger partial charge in [-0.15, -0.1) is 0 Å². The van der Waals surface area contributed by atoms with Crippen LogP contribution in [-0.4, -0.2) is 29.5 Å². The van der Waals surface area contributed by atoms with Crippen molar-refractivity contribution in [3.05, 3.63) is 53.7 Å². The first-order valence-electron chi connectivity index (χ1n) is 8.14. The highest BCUT2D eigenvalue weighted by molar-refractivity contribution is 5.93. The molecule has 154 valence electrons. The summed E-state index contributed by atoms with van der Waals surface area (Å²) in [5, 5.41) is 6.79. The number of nitrogens with one attached hydrogen (secondary N) is 5. The summed E-state index contributed by atoms with van der Waals surface area (Å²) in [6.45, 7) is 1.36. The van der Waals surface area contributed by atoms with Crippen LogP contribution < -0.4 is 26.8 Å². The van der Waals surface area contributed by atoms with Gasteiger partial charge in [-0.3, -0.25) is 15.5 Å². The topological polar surface area (TPSA) is 124 Å². The lowest BCUT2D eigenvalue weighted by Crippen LogP contribution is -2.48. The van der Waals surface area contributed by atoms with E-state index < -0.39 is 36.3 Å². The number of amides is 5. The number of halogens is 3. The van der Waals surface area contributed by atoms with Gasteiger partial charge in [0.15, 0.2) is 0 Å². The van der Waals surface area contributed by atoms with Gasteiger partial charge in [-0.05, 0) is 36.8 Å². The highest BCUT2D eigenvalue weighted by Gasteiger charge is 2.30. The van der Waals surface area contributed by atoms with Gasteiger partial charge in [0.2, 0.25) is 0 Å². The predicted molar refractivity (Wildman–Crippen MR) is 97.7 cm³/mol. The summed E-state index contributed by atoms with van der Waals surface area (Å²) in [5.41, 5.74) is 3.81. The molecule has 1 heterocycles. The number of hydrogen-bond acceptors (Lipinski definition) is 4. The third-order valence-corrected chi connectivity index (χ3v) is 3.33. The number of benzene rings is 1. The van der Waals surface area contributed by atoms with Crippen LogP contribution in [0.15, 0.2) is 42.6 Å². The van der Waals surface area contributed by atoms with Crippen LogP contribution in [-0.2, 0) is 11.0 Å². The highest BCUT2D eigenvalue weighted by atomic mass is 19.4. The molecule has 12 heteroatoms. The van der Waals surface area contributed by atoms with E-state index in [1.807, 2.05) is 17.8 Å². The molecule has 0 atom stereocenters. The number of aromatic nitrogens is 1. The predicted octanol–water partition coefficient (Wildman–Crippen LogP) is 2.38. The fraction of sp³-hybridized carbons (Fsp3) is 0.176. The molecule has 2 rings (SSSR count). The Kier molecular flexibility index (Phi) is 6.95. The van der Waals surface area contributed by atoms with Gasteiger partial charge in [0, 0.05) is 11.9 Å². The molecule has 0 saturated heterocycles. The normalized spacial score (nSPS) is 10.6. The summed E-state index contributed by atoms with van der Waals surface area (Å²) in [4.78, 5) is 38.9. The van der Waals surface area contributed by atoms with Crippen molar-refractivity contribution in [2.45, 2.75) is 13.1 Å². The first kappa shape index (κ1) is 21.5. The number of carbonyl (C=O) groups excluding carboxylic acids is 3. The number of hydrogen-bond donors (Lipinski definition) is 5. The molecule has 5 N–H and O–H groups in total. The van der Waals surface area contributed by atoms with E-state index in [9.17, 15) is 27.6 Å². The summed E-state index contributed by atoms with van der Waals surface area (Å²) < 4.78 is 37.9. The Balaban J connectivity index is 1.72. The van der Waals surface area contributed by atoms with Gasteiger partial charge in [-0.2, -0.15) is 13.2 Å². The van der Waals surface area contributed by atoms with Crippen LogP contribution in [0, 0.1) is 6.92 Å². The Bertz CT molecular complexity index is 887. The van der Waals surface area contributed by atoms with Crippen molar-refractivity contribution in [3.63, 3.8) is 0 Å². The van der Waals surface area contributed by atoms with Gasteiger partial charge < -0.3 is 10.6 Å². The van der Waals surface area contributed by atoms with Crippen molar-refractivity contribution in [2.24, 2.45) is 0 Å². The van der Waals surface area contributed by atoms with E-state index in [4.69, 9.17) is 0 Å². The monoisotopic (exact) mass is 410 g/mol. The fourth-order valence-electron chi connectivity index (χ4n) is 1.97. The van der Waals surface area contributed by atoms with Gasteiger partial charge in [0.25, 0.3) is 5.91 Å². The summed E-state index contributed by atoms with van der Waals surface area (Å²) >= 11 is 0. The molecule has 0 aliphatic carbocycles. The zero-order chi connectivity index (χ0) is 21.4. The number of alkyl halides is 3. The molecule has 1 aromatic carbocycles. The first-order chi connectivity index (χ1) is 13.6. The number of urea groups is 2. The second-order valence-corrected chi connectivity index (χ2v) is 5.73. The molecule has 1 aromatic heterocycles. The van der Waals surface area contributed by atoms with Crippen LogP contribution >= 0.6 is 0 Å². The van der Waals surface area contributed by atoms with E-state index in [0.717, 1.165) is 23.8 Å². The van der Waals surface area contributed by atoms with Gasteiger partial charge in [-0.1, -0.05) is 12.1 Å². The molecule has 0 fully saturated rings. The van der Waals surface area contributed by atoms with E-state index in [-0.39, 0.29) is 11.5 Å². The Hall–Kier alpha value is -3.83. The smallest absolute Gasteiger partial charge is 0.329 e. The zero-order valence-corrected chi connectivity index (χ0v) is 15.1. The van der Waals surface area contributed by atoms with Crippen molar-refractivity contribution < 1.29 is 27.6 Å². The van der Waals surface area contributed by atoms with Crippen molar-refractivity contribution in [1.82, 2.24) is 21.2 Å². The minimum atomic E-state index is -4.55. The van der Waals surface area contributed by atoms with Crippen LogP contribution in [0.3, 0.4) is 0 Å². The van der Waals surface area contributed by atoms with Crippen LogP contribution in [0.1, 0.15) is 11.1 Å². The second-order valence-electron chi connectivity index (χ2n) is 5.73. The van der Waals surface area contributed by atoms with Crippen molar-refractivity contribution in [2.75, 3.05) is 17.2 Å². The lowest BCUT2D eigenvalue weighted by molar-refractivity contribution is -0.137. The lowest BCUT2D eigenvalue weighted by atomic mass is 10.2.